The molecule has 200 valence electrons. The first kappa shape index (κ1) is 27.0. The molecule has 0 saturated carbocycles. The third-order valence-electron chi connectivity index (χ3n) is 6.37. The number of alkyl halides is 6. The van der Waals surface area contributed by atoms with Crippen LogP contribution in [0.4, 0.5) is 26.3 Å². The number of amides is 1. The Balaban J connectivity index is 1.65. The van der Waals surface area contributed by atoms with E-state index in [-0.39, 0.29) is 30.0 Å². The maximum absolute atomic E-state index is 13.7. The molecule has 1 amide bonds. The molecule has 0 N–H and O–H groups in total. The molecule has 0 radical (unpaired) electrons. The van der Waals surface area contributed by atoms with E-state index in [9.17, 15) is 36.4 Å². The predicted octanol–water partition coefficient (Wildman–Crippen LogP) is 5.56. The molecule has 0 unspecified atom stereocenters. The molecule has 2 aromatic rings. The fraction of sp³-hybridized carbons (Fsp3) is 0.346. The molecule has 2 aromatic carbocycles. The van der Waals surface area contributed by atoms with E-state index in [4.69, 9.17) is 9.47 Å². The minimum atomic E-state index is -4.71. The maximum Gasteiger partial charge on any atom is 0.425 e. The summed E-state index contributed by atoms with van der Waals surface area (Å²) in [5.41, 5.74) is 1.29. The Labute approximate surface area is 213 Å². The van der Waals surface area contributed by atoms with Gasteiger partial charge in [0.1, 0.15) is 17.4 Å². The van der Waals surface area contributed by atoms with E-state index < -0.39 is 35.7 Å². The molecule has 4 rings (SSSR count). The van der Waals surface area contributed by atoms with Crippen LogP contribution < -0.4 is 9.47 Å². The van der Waals surface area contributed by atoms with Gasteiger partial charge in [0.2, 0.25) is 0 Å². The molecule has 38 heavy (non-hydrogen) atoms. The molecule has 0 aromatic heterocycles. The van der Waals surface area contributed by atoms with Crippen LogP contribution in [0.1, 0.15) is 40.4 Å². The summed E-state index contributed by atoms with van der Waals surface area (Å²) in [6.07, 6.45) is -11.0. The largest absolute Gasteiger partial charge is 0.494 e. The molecular formula is C26H21F6N3O3. The number of hydrogen-bond donors (Lipinski definition) is 0. The number of carbonyl (C=O) groups is 1. The topological polar surface area (TPSA) is 74.9 Å². The minimum Gasteiger partial charge on any atom is -0.494 e. The van der Waals surface area contributed by atoms with Crippen molar-refractivity contribution in [3.8, 4) is 17.6 Å². The first-order chi connectivity index (χ1) is 17.8. The SMILES string of the molecule is COc1c(C#N)ccc(O[C@@H](C)C(F)(F)F)c1C(=O)N1CCC2=C(C1)C(c1ccc(C(F)(F)F)cc1)=NC2. The number of benzene rings is 2. The normalized spacial score (nSPS) is 16.5. The highest BCUT2D eigenvalue weighted by molar-refractivity contribution is 6.15. The van der Waals surface area contributed by atoms with Crippen LogP contribution >= 0.6 is 0 Å². The first-order valence-corrected chi connectivity index (χ1v) is 11.4. The zero-order chi connectivity index (χ0) is 27.8. The molecule has 0 fully saturated rings. The van der Waals surface area contributed by atoms with Crippen LogP contribution in [-0.2, 0) is 6.18 Å². The fourth-order valence-corrected chi connectivity index (χ4v) is 4.33. The Morgan fingerprint density at radius 1 is 1.11 bits per heavy atom. The summed E-state index contributed by atoms with van der Waals surface area (Å²) >= 11 is 0. The van der Waals surface area contributed by atoms with E-state index in [0.29, 0.717) is 29.8 Å². The third-order valence-corrected chi connectivity index (χ3v) is 6.37. The molecule has 1 atom stereocenters. The van der Waals surface area contributed by atoms with Gasteiger partial charge in [-0.1, -0.05) is 12.1 Å². The summed E-state index contributed by atoms with van der Waals surface area (Å²) in [5.74, 6) is -1.32. The zero-order valence-electron chi connectivity index (χ0n) is 20.2. The zero-order valence-corrected chi connectivity index (χ0v) is 20.2. The molecule has 2 aliphatic rings. The monoisotopic (exact) mass is 537 g/mol. The summed E-state index contributed by atoms with van der Waals surface area (Å²) in [6, 6.07) is 8.70. The summed E-state index contributed by atoms with van der Waals surface area (Å²) in [6.45, 7) is 1.35. The molecule has 0 aliphatic carbocycles. The number of halogens is 6. The summed E-state index contributed by atoms with van der Waals surface area (Å²) < 4.78 is 88.9. The van der Waals surface area contributed by atoms with Gasteiger partial charge in [0, 0.05) is 18.7 Å². The lowest BCUT2D eigenvalue weighted by Gasteiger charge is -2.30. The minimum absolute atomic E-state index is 0.0161. The van der Waals surface area contributed by atoms with Crippen molar-refractivity contribution in [2.75, 3.05) is 26.7 Å². The molecule has 2 aliphatic heterocycles. The second kappa shape index (κ2) is 10.0. The van der Waals surface area contributed by atoms with Crippen LogP contribution in [-0.4, -0.2) is 55.5 Å². The lowest BCUT2D eigenvalue weighted by Crippen LogP contribution is -2.39. The van der Waals surface area contributed by atoms with Gasteiger partial charge in [-0.3, -0.25) is 9.79 Å². The molecule has 2 heterocycles. The quantitative estimate of drug-likeness (QED) is 0.468. The van der Waals surface area contributed by atoms with Gasteiger partial charge in [-0.25, -0.2) is 0 Å². The lowest BCUT2D eigenvalue weighted by atomic mass is 9.94. The number of hydrogen-bond acceptors (Lipinski definition) is 5. The molecular weight excluding hydrogens is 516 g/mol. The molecule has 12 heteroatoms. The van der Waals surface area contributed by atoms with Crippen molar-refractivity contribution in [3.05, 3.63) is 69.8 Å². The standard InChI is InChI=1S/C26H21F6N3O3/c1-14(25(27,28)29)38-20-8-5-16(11-33)23(37-2)21(20)24(36)35-10-9-17-12-34-22(19(17)13-35)15-3-6-18(7-4-15)26(30,31)32/h3-8,14H,9-10,12-13H2,1-2H3/t14-/m0/s1. The van der Waals surface area contributed by atoms with Crippen molar-refractivity contribution >= 4 is 11.6 Å². The summed E-state index contributed by atoms with van der Waals surface area (Å²) in [5, 5.41) is 9.45. The Kier molecular flexibility index (Phi) is 7.14. The van der Waals surface area contributed by atoms with Gasteiger partial charge >= 0.3 is 12.4 Å². The molecule has 0 bridgehead atoms. The smallest absolute Gasteiger partial charge is 0.425 e. The average molecular weight is 537 g/mol. The maximum atomic E-state index is 13.7. The summed E-state index contributed by atoms with van der Waals surface area (Å²) in [4.78, 5) is 19.5. The van der Waals surface area contributed by atoms with E-state index in [1.807, 2.05) is 6.07 Å². The van der Waals surface area contributed by atoms with Gasteiger partial charge < -0.3 is 14.4 Å². The average Bonchev–Trinajstić information content (AvgIpc) is 3.30. The van der Waals surface area contributed by atoms with Crippen LogP contribution in [0.2, 0.25) is 0 Å². The van der Waals surface area contributed by atoms with Crippen molar-refractivity contribution < 1.29 is 40.6 Å². The Bertz CT molecular complexity index is 1350. The van der Waals surface area contributed by atoms with Crippen LogP contribution in [0.5, 0.6) is 11.5 Å². The number of aliphatic imine (C=N–C) groups is 1. The number of ether oxygens (including phenoxy) is 2. The number of rotatable bonds is 5. The number of carbonyl (C=O) groups excluding carboxylic acids is 1. The fourth-order valence-electron chi connectivity index (χ4n) is 4.33. The van der Waals surface area contributed by atoms with Gasteiger partial charge in [-0.15, -0.1) is 0 Å². The van der Waals surface area contributed by atoms with E-state index in [2.05, 4.69) is 4.99 Å². The number of methoxy groups -OCH3 is 1. The molecule has 0 spiro atoms. The Morgan fingerprint density at radius 3 is 2.37 bits per heavy atom. The highest BCUT2D eigenvalue weighted by atomic mass is 19.4. The Morgan fingerprint density at radius 2 is 1.79 bits per heavy atom. The third kappa shape index (κ3) is 5.18. The van der Waals surface area contributed by atoms with Crippen molar-refractivity contribution in [2.45, 2.75) is 31.8 Å². The summed E-state index contributed by atoms with van der Waals surface area (Å²) in [7, 11) is 1.19. The molecule has 6 nitrogen and oxygen atoms in total. The van der Waals surface area contributed by atoms with Crippen molar-refractivity contribution in [1.82, 2.24) is 4.90 Å². The lowest BCUT2D eigenvalue weighted by molar-refractivity contribution is -0.189. The van der Waals surface area contributed by atoms with Gasteiger partial charge in [-0.2, -0.15) is 31.6 Å². The highest BCUT2D eigenvalue weighted by Gasteiger charge is 2.40. The van der Waals surface area contributed by atoms with Crippen molar-refractivity contribution in [2.24, 2.45) is 4.99 Å². The molecule has 0 saturated heterocycles. The number of nitrogens with zero attached hydrogens (tertiary/aromatic N) is 3. The van der Waals surface area contributed by atoms with E-state index in [1.165, 1.54) is 30.2 Å². The van der Waals surface area contributed by atoms with Gasteiger partial charge in [0.25, 0.3) is 5.91 Å². The van der Waals surface area contributed by atoms with Gasteiger partial charge in [-0.05, 0) is 48.8 Å². The van der Waals surface area contributed by atoms with E-state index >= 15 is 0 Å². The van der Waals surface area contributed by atoms with Crippen LogP contribution in [0, 0.1) is 11.3 Å². The van der Waals surface area contributed by atoms with E-state index in [0.717, 1.165) is 30.7 Å². The number of nitriles is 1. The van der Waals surface area contributed by atoms with E-state index in [1.54, 1.807) is 0 Å². The second-order valence-electron chi connectivity index (χ2n) is 8.73. The van der Waals surface area contributed by atoms with Gasteiger partial charge in [0.15, 0.2) is 11.9 Å². The van der Waals surface area contributed by atoms with Gasteiger partial charge in [0.05, 0.1) is 30.5 Å². The van der Waals surface area contributed by atoms with Crippen molar-refractivity contribution in [3.63, 3.8) is 0 Å². The van der Waals surface area contributed by atoms with Crippen LogP contribution in [0.25, 0.3) is 0 Å². The first-order valence-electron chi connectivity index (χ1n) is 11.4. The highest BCUT2D eigenvalue weighted by Crippen LogP contribution is 2.37. The Hall–Kier alpha value is -4.01. The van der Waals surface area contributed by atoms with Crippen LogP contribution in [0.3, 0.4) is 0 Å². The van der Waals surface area contributed by atoms with Crippen LogP contribution in [0.15, 0.2) is 52.5 Å². The second-order valence-corrected chi connectivity index (χ2v) is 8.73. The predicted molar refractivity (Wildman–Crippen MR) is 124 cm³/mol. The van der Waals surface area contributed by atoms with Crippen molar-refractivity contribution in [1.29, 1.82) is 5.26 Å².